The fourth-order valence-corrected chi connectivity index (χ4v) is 9.22. The zero-order valence-electron chi connectivity index (χ0n) is 37.3. The van der Waals surface area contributed by atoms with Crippen LogP contribution in [0.2, 0.25) is 0 Å². The van der Waals surface area contributed by atoms with Crippen LogP contribution in [-0.2, 0) is 50.4 Å². The molecule has 1 aliphatic heterocycles. The predicted molar refractivity (Wildman–Crippen MR) is 237 cm³/mol. The molecule has 0 spiro atoms. The average molecular weight is 1170 g/mol. The molecule has 77 heavy (non-hydrogen) atoms. The Morgan fingerprint density at radius 3 is 1.04 bits per heavy atom. The van der Waals surface area contributed by atoms with Gasteiger partial charge < -0.3 is 15.0 Å². The summed E-state index contributed by atoms with van der Waals surface area (Å²) in [6, 6.07) is 13.1. The first-order chi connectivity index (χ1) is 35.8. The van der Waals surface area contributed by atoms with Crippen LogP contribution in [-0.4, -0.2) is 55.8 Å². The van der Waals surface area contributed by atoms with Crippen LogP contribution < -0.4 is 0 Å². The van der Waals surface area contributed by atoms with Crippen molar-refractivity contribution >= 4 is 53.3 Å². The number of fused-ring (bicyclic) bond motifs is 9. The third kappa shape index (κ3) is 10.3. The summed E-state index contributed by atoms with van der Waals surface area (Å²) in [4.78, 5) is 14.7. The molecule has 0 aliphatic carbocycles. The largest absolute Gasteiger partial charge is 3.00 e. The number of hydrogen-bond acceptors (Lipinski definition) is 7. The van der Waals surface area contributed by atoms with E-state index in [0.717, 1.165) is 0 Å². The van der Waals surface area contributed by atoms with E-state index in [1.165, 1.54) is 0 Å². The minimum Gasteiger partial charge on any atom is -0.354 e. The summed E-state index contributed by atoms with van der Waals surface area (Å²) in [7, 11) is -11.7. The van der Waals surface area contributed by atoms with E-state index >= 15 is 26.3 Å². The normalized spacial score (nSPS) is 12.0. The van der Waals surface area contributed by atoms with E-state index in [1.54, 1.807) is 24.8 Å². The molecule has 12 nitrogen and oxygen atoms in total. The molecule has 30 heteroatoms. The fraction of sp³-hybridized carbons (Fsp3) is 0.0426. The Morgan fingerprint density at radius 2 is 0.675 bits per heavy atom. The first-order valence-electron chi connectivity index (χ1n) is 20.7. The molecule has 9 aromatic rings. The van der Waals surface area contributed by atoms with Gasteiger partial charge in [-0.2, -0.15) is 16.8 Å². The summed E-state index contributed by atoms with van der Waals surface area (Å²) >= 11 is 0. The molecule has 7 heterocycles. The van der Waals surface area contributed by atoms with Gasteiger partial charge >= 0.3 is 17.4 Å². The zero-order chi connectivity index (χ0) is 55.5. The molecule has 397 valence electrons. The number of halogens is 15. The van der Waals surface area contributed by atoms with Gasteiger partial charge in [-0.1, -0.05) is 12.1 Å². The van der Waals surface area contributed by atoms with E-state index in [-0.39, 0.29) is 29.5 Å². The molecule has 0 saturated heterocycles. The molecular formula is C47H23CrF15N6O6S2+3. The standard InChI is InChI=1S/C37H13F15N4O6S2.2C5H5N.Cr/c38-21-18(22(39)28(45)33(50)27(21)44)15-7-1-2-9(53-7)16(19-23(40)29(46)34(51)30(47)24(19)41)11-5-13(63(57,58)59)36(55-11)12-6-14(64(60,61)62)37(56-12)17(10-4-3-8(15)54-10)20-25(42)31(48)35(52)32(49)26(20)43;2*1-2-4-6-5-3-1;/h1-2,5-6,53,55-56H,3-4H2,(H,57,58,59)(H,60,61,62);2*1-5H;/q;;;+3. The molecule has 1 radical (unpaired) electrons. The van der Waals surface area contributed by atoms with Crippen molar-refractivity contribution in [2.45, 2.75) is 22.6 Å². The van der Waals surface area contributed by atoms with Gasteiger partial charge in [-0.15, -0.1) is 0 Å². The summed E-state index contributed by atoms with van der Waals surface area (Å²) in [5.41, 5.74) is -18.8. The van der Waals surface area contributed by atoms with Gasteiger partial charge in [0.2, 0.25) is 17.5 Å². The third-order valence-electron chi connectivity index (χ3n) is 11.1. The molecule has 0 fully saturated rings. The van der Waals surface area contributed by atoms with Crippen LogP contribution in [0.3, 0.4) is 0 Å². The number of benzene rings is 3. The van der Waals surface area contributed by atoms with Gasteiger partial charge in [0.15, 0.2) is 69.8 Å². The zero-order valence-corrected chi connectivity index (χ0v) is 40.2. The van der Waals surface area contributed by atoms with Crippen molar-refractivity contribution in [2.75, 3.05) is 0 Å². The van der Waals surface area contributed by atoms with E-state index in [4.69, 9.17) is 0 Å². The van der Waals surface area contributed by atoms with Crippen LogP contribution >= 0.6 is 0 Å². The number of pyridine rings is 2. The van der Waals surface area contributed by atoms with Crippen molar-refractivity contribution in [2.24, 2.45) is 0 Å². The van der Waals surface area contributed by atoms with E-state index in [1.807, 2.05) is 41.4 Å². The summed E-state index contributed by atoms with van der Waals surface area (Å²) in [5, 5.41) is 0. The number of nitrogens with zero attached hydrogens (tertiary/aromatic N) is 3. The molecule has 3 aromatic carbocycles. The molecule has 0 amide bonds. The van der Waals surface area contributed by atoms with Crippen LogP contribution in [0, 0.1) is 87.3 Å². The van der Waals surface area contributed by atoms with Gasteiger partial charge in [0.25, 0.3) is 20.2 Å². The molecule has 6 aromatic heterocycles. The van der Waals surface area contributed by atoms with Crippen molar-refractivity contribution in [1.82, 2.24) is 29.9 Å². The Bertz CT molecular complexity index is 4040. The topological polar surface area (TPSA) is 195 Å². The van der Waals surface area contributed by atoms with Gasteiger partial charge in [-0.05, 0) is 61.4 Å². The second kappa shape index (κ2) is 21.7. The monoisotopic (exact) mass is 1170 g/mol. The first-order valence-corrected chi connectivity index (χ1v) is 23.6. The Labute approximate surface area is 430 Å². The average Bonchev–Trinajstić information content (AvgIpc) is 4.26. The minimum atomic E-state index is -5.90. The molecule has 0 saturated carbocycles. The second-order valence-electron chi connectivity index (χ2n) is 15.6. The van der Waals surface area contributed by atoms with Crippen LogP contribution in [0.1, 0.15) is 11.4 Å². The van der Waals surface area contributed by atoms with Crippen LogP contribution in [0.25, 0.3) is 66.5 Å². The summed E-state index contributed by atoms with van der Waals surface area (Å²) in [6.07, 6.45) is 5.13. The van der Waals surface area contributed by atoms with Crippen LogP contribution in [0.5, 0.6) is 0 Å². The molecule has 0 atom stereocenters. The van der Waals surface area contributed by atoms with Crippen LogP contribution in [0.4, 0.5) is 65.9 Å². The maximum atomic E-state index is 15.8. The first kappa shape index (κ1) is 57.0. The smallest absolute Gasteiger partial charge is 0.354 e. The number of rotatable bonds is 5. The van der Waals surface area contributed by atoms with Gasteiger partial charge in [0.1, 0.15) is 9.79 Å². The second-order valence-corrected chi connectivity index (χ2v) is 18.4. The maximum Gasteiger partial charge on any atom is 3.00 e. The van der Waals surface area contributed by atoms with E-state index < -0.39 is 208 Å². The minimum absolute atomic E-state index is 0. The van der Waals surface area contributed by atoms with Crippen molar-refractivity contribution < 1.29 is 109 Å². The van der Waals surface area contributed by atoms with E-state index in [9.17, 15) is 65.5 Å². The van der Waals surface area contributed by atoms with Crippen molar-refractivity contribution in [3.63, 3.8) is 0 Å². The van der Waals surface area contributed by atoms with E-state index in [0.29, 0.717) is 12.1 Å². The van der Waals surface area contributed by atoms with Gasteiger partial charge in [-0.3, -0.25) is 24.1 Å². The van der Waals surface area contributed by atoms with Gasteiger partial charge in [0.05, 0.1) is 50.1 Å². The number of aromatic nitrogens is 6. The number of nitrogens with one attached hydrogen (secondary N) is 3. The Kier molecular flexibility index (Phi) is 16.1. The van der Waals surface area contributed by atoms with Crippen molar-refractivity contribution in [3.05, 3.63) is 184 Å². The van der Waals surface area contributed by atoms with Gasteiger partial charge in [-0.25, -0.2) is 65.9 Å². The predicted octanol–water partition coefficient (Wildman–Crippen LogP) is 12.1. The number of hydrogen-bond donors (Lipinski definition) is 5. The maximum absolute atomic E-state index is 15.8. The number of H-pyrrole nitrogens is 3. The van der Waals surface area contributed by atoms with Crippen molar-refractivity contribution in [3.8, 4) is 33.4 Å². The van der Waals surface area contributed by atoms with Gasteiger partial charge in [0, 0.05) is 52.5 Å². The SMILES string of the molecule is O=S(=O)(O)c1cc2[nH]c1c(-c1c(F)c(F)c(F)c(F)c1F)c1nc(c(-c3c(F)c(F)c(F)c(F)c3F)c3ccc([nH]3)c(-c3c(F)c(F)c(F)c(F)c3F)c3cc(S(=O)(=O)O)c2[nH]3)CC1.[Cr+3].c1ccncc1.c1ccncc1. The fourth-order valence-electron chi connectivity index (χ4n) is 7.85. The number of aryl methyl sites for hydroxylation is 2. The summed E-state index contributed by atoms with van der Waals surface area (Å²) in [5.74, 6) is -40.2. The molecule has 8 bridgehead atoms. The molecule has 10 rings (SSSR count). The molecule has 5 N–H and O–H groups in total. The molecule has 0 unspecified atom stereocenters. The molecule has 1 aliphatic rings. The van der Waals surface area contributed by atoms with Crippen LogP contribution in [0.15, 0.2) is 95.2 Å². The summed E-state index contributed by atoms with van der Waals surface area (Å²) < 4.78 is 299. The molecular weight excluding hydrogens is 1150 g/mol. The quantitative estimate of drug-likeness (QED) is 0.0482. The Morgan fingerprint density at radius 1 is 0.364 bits per heavy atom. The number of aromatic amines is 3. The van der Waals surface area contributed by atoms with Crippen molar-refractivity contribution in [1.29, 1.82) is 0 Å². The Hall–Kier alpha value is -7.75. The Balaban J connectivity index is 0.000000584. The third-order valence-corrected chi connectivity index (χ3v) is 12.8. The summed E-state index contributed by atoms with van der Waals surface area (Å²) in [6.45, 7) is 0. The van der Waals surface area contributed by atoms with E-state index in [2.05, 4.69) is 24.9 Å².